The molecule has 1 aromatic heterocycles. The van der Waals surface area contributed by atoms with E-state index >= 15 is 0 Å². The number of thiazole rings is 1. The van der Waals surface area contributed by atoms with E-state index in [1.807, 2.05) is 60.0 Å². The SMILES string of the molecule is COc1ccccc1-c1csc(N(Cc2ccccc2)Cc2ccc(C(=O)N(C)CC(=O)O)cc2)n1. The molecule has 4 aromatic rings. The average molecular weight is 502 g/mol. The first-order chi connectivity index (χ1) is 17.4. The van der Waals surface area contributed by atoms with E-state index in [1.165, 1.54) is 11.9 Å². The van der Waals surface area contributed by atoms with Gasteiger partial charge < -0.3 is 19.6 Å². The van der Waals surface area contributed by atoms with Gasteiger partial charge in [0.25, 0.3) is 5.91 Å². The molecule has 0 bridgehead atoms. The van der Waals surface area contributed by atoms with Crippen LogP contribution in [0.5, 0.6) is 5.75 Å². The first-order valence-corrected chi connectivity index (χ1v) is 12.3. The van der Waals surface area contributed by atoms with E-state index in [0.29, 0.717) is 18.7 Å². The van der Waals surface area contributed by atoms with Gasteiger partial charge in [-0.25, -0.2) is 4.98 Å². The van der Waals surface area contributed by atoms with E-state index in [2.05, 4.69) is 17.0 Å². The number of para-hydroxylation sites is 1. The molecule has 3 aromatic carbocycles. The van der Waals surface area contributed by atoms with Crippen LogP contribution >= 0.6 is 11.3 Å². The number of carbonyl (C=O) groups is 2. The van der Waals surface area contributed by atoms with Gasteiger partial charge >= 0.3 is 5.97 Å². The molecule has 8 heteroatoms. The number of nitrogens with zero attached hydrogens (tertiary/aromatic N) is 3. The molecular formula is C28H27N3O4S. The van der Waals surface area contributed by atoms with Crippen LogP contribution in [0, 0.1) is 0 Å². The van der Waals surface area contributed by atoms with Crippen LogP contribution in [-0.2, 0) is 17.9 Å². The molecule has 0 unspecified atom stereocenters. The maximum Gasteiger partial charge on any atom is 0.323 e. The molecule has 0 aliphatic carbocycles. The van der Waals surface area contributed by atoms with Crippen LogP contribution in [0.1, 0.15) is 21.5 Å². The van der Waals surface area contributed by atoms with Crippen molar-refractivity contribution in [2.45, 2.75) is 13.1 Å². The van der Waals surface area contributed by atoms with Crippen LogP contribution in [0.25, 0.3) is 11.3 Å². The van der Waals surface area contributed by atoms with Crippen molar-refractivity contribution >= 4 is 28.3 Å². The smallest absolute Gasteiger partial charge is 0.323 e. The Morgan fingerprint density at radius 2 is 1.56 bits per heavy atom. The van der Waals surface area contributed by atoms with Gasteiger partial charge in [0, 0.05) is 36.6 Å². The number of carboxylic acid groups (broad SMARTS) is 1. The third-order valence-electron chi connectivity index (χ3n) is 5.66. The molecule has 0 fully saturated rings. The lowest BCUT2D eigenvalue weighted by molar-refractivity contribution is -0.137. The number of hydrogen-bond donors (Lipinski definition) is 1. The Bertz CT molecular complexity index is 1320. The van der Waals surface area contributed by atoms with Crippen LogP contribution in [0.3, 0.4) is 0 Å². The van der Waals surface area contributed by atoms with Gasteiger partial charge in [0.15, 0.2) is 5.13 Å². The molecule has 0 aliphatic heterocycles. The Morgan fingerprint density at radius 3 is 2.22 bits per heavy atom. The minimum Gasteiger partial charge on any atom is -0.496 e. The molecule has 0 saturated heterocycles. The van der Waals surface area contributed by atoms with Crippen molar-refractivity contribution < 1.29 is 19.4 Å². The Morgan fingerprint density at radius 1 is 0.917 bits per heavy atom. The Hall–Kier alpha value is -4.17. The van der Waals surface area contributed by atoms with Gasteiger partial charge in [-0.1, -0.05) is 54.6 Å². The van der Waals surface area contributed by atoms with Crippen molar-refractivity contribution in [1.82, 2.24) is 9.88 Å². The van der Waals surface area contributed by atoms with E-state index in [9.17, 15) is 9.59 Å². The lowest BCUT2D eigenvalue weighted by atomic mass is 10.1. The molecular weight excluding hydrogens is 474 g/mol. The minimum atomic E-state index is -1.05. The maximum atomic E-state index is 12.5. The number of ether oxygens (including phenoxy) is 1. The van der Waals surface area contributed by atoms with Gasteiger partial charge in [-0.15, -0.1) is 11.3 Å². The molecule has 0 radical (unpaired) electrons. The second-order valence-electron chi connectivity index (χ2n) is 8.31. The predicted molar refractivity (Wildman–Crippen MR) is 141 cm³/mol. The molecule has 7 nitrogen and oxygen atoms in total. The number of rotatable bonds is 10. The van der Waals surface area contributed by atoms with Crippen LogP contribution in [-0.4, -0.2) is 47.6 Å². The van der Waals surface area contributed by atoms with E-state index < -0.39 is 5.97 Å². The summed E-state index contributed by atoms with van der Waals surface area (Å²) in [5.41, 5.74) is 4.42. The van der Waals surface area contributed by atoms with Crippen molar-refractivity contribution in [2.24, 2.45) is 0 Å². The van der Waals surface area contributed by atoms with E-state index in [1.54, 1.807) is 30.6 Å². The third-order valence-corrected chi connectivity index (χ3v) is 6.56. The standard InChI is InChI=1S/C28H27N3O4S/c1-30(18-26(32)33)27(34)22-14-12-21(13-15-22)17-31(16-20-8-4-3-5-9-20)28-29-24(19-36-28)23-10-6-7-11-25(23)35-2/h3-15,19H,16-18H2,1-2H3,(H,32,33). The number of anilines is 1. The highest BCUT2D eigenvalue weighted by Gasteiger charge is 2.17. The van der Waals surface area contributed by atoms with Crippen LogP contribution in [0.15, 0.2) is 84.2 Å². The largest absolute Gasteiger partial charge is 0.496 e. The minimum absolute atomic E-state index is 0.327. The van der Waals surface area contributed by atoms with Gasteiger partial charge in [-0.05, 0) is 35.4 Å². The van der Waals surface area contributed by atoms with E-state index in [0.717, 1.165) is 33.3 Å². The van der Waals surface area contributed by atoms with Crippen LogP contribution in [0.2, 0.25) is 0 Å². The van der Waals surface area contributed by atoms with Crippen LogP contribution in [0.4, 0.5) is 5.13 Å². The molecule has 1 heterocycles. The van der Waals surface area contributed by atoms with Crippen molar-refractivity contribution in [3.05, 3.63) is 101 Å². The molecule has 0 saturated carbocycles. The molecule has 1 amide bonds. The summed E-state index contributed by atoms with van der Waals surface area (Å²) in [6, 6.07) is 25.3. The van der Waals surface area contributed by atoms with Crippen molar-refractivity contribution in [2.75, 3.05) is 25.6 Å². The fourth-order valence-corrected chi connectivity index (χ4v) is 4.68. The van der Waals surface area contributed by atoms with Crippen molar-refractivity contribution in [3.63, 3.8) is 0 Å². The average Bonchev–Trinajstić information content (AvgIpc) is 3.39. The zero-order valence-electron chi connectivity index (χ0n) is 20.1. The fourth-order valence-electron chi connectivity index (χ4n) is 3.85. The number of aromatic nitrogens is 1. The lowest BCUT2D eigenvalue weighted by Gasteiger charge is -2.22. The Kier molecular flexibility index (Phi) is 7.97. The number of methoxy groups -OCH3 is 1. The Labute approximate surface area is 214 Å². The monoisotopic (exact) mass is 501 g/mol. The molecule has 0 atom stereocenters. The summed E-state index contributed by atoms with van der Waals surface area (Å²) in [5, 5.41) is 11.9. The van der Waals surface area contributed by atoms with Gasteiger partial charge in [0.1, 0.15) is 12.3 Å². The summed E-state index contributed by atoms with van der Waals surface area (Å²) in [6.45, 7) is 0.916. The van der Waals surface area contributed by atoms with Gasteiger partial charge in [-0.3, -0.25) is 9.59 Å². The summed E-state index contributed by atoms with van der Waals surface area (Å²) >= 11 is 1.57. The highest BCUT2D eigenvalue weighted by Crippen LogP contribution is 2.34. The first kappa shape index (κ1) is 24.9. The van der Waals surface area contributed by atoms with Gasteiger partial charge in [-0.2, -0.15) is 0 Å². The summed E-state index contributed by atoms with van der Waals surface area (Å²) in [5.74, 6) is -0.599. The third kappa shape index (κ3) is 6.09. The van der Waals surface area contributed by atoms with Crippen LogP contribution < -0.4 is 9.64 Å². The molecule has 1 N–H and O–H groups in total. The Balaban J connectivity index is 1.58. The second kappa shape index (κ2) is 11.5. The molecule has 184 valence electrons. The number of carboxylic acids is 1. The number of likely N-dealkylation sites (N-methyl/N-ethyl adjacent to an activating group) is 1. The zero-order valence-corrected chi connectivity index (χ0v) is 20.9. The highest BCUT2D eigenvalue weighted by atomic mass is 32.1. The molecule has 36 heavy (non-hydrogen) atoms. The molecule has 4 rings (SSSR count). The summed E-state index contributed by atoms with van der Waals surface area (Å²) in [7, 11) is 3.13. The normalized spacial score (nSPS) is 10.6. The number of hydrogen-bond acceptors (Lipinski definition) is 6. The highest BCUT2D eigenvalue weighted by molar-refractivity contribution is 7.14. The maximum absolute atomic E-state index is 12.5. The summed E-state index contributed by atoms with van der Waals surface area (Å²) < 4.78 is 5.52. The number of carbonyl (C=O) groups excluding carboxylic acids is 1. The van der Waals surface area contributed by atoms with E-state index in [-0.39, 0.29) is 12.5 Å². The van der Waals surface area contributed by atoms with Crippen molar-refractivity contribution in [3.8, 4) is 17.0 Å². The van der Waals surface area contributed by atoms with Gasteiger partial charge in [0.05, 0.1) is 12.8 Å². The zero-order chi connectivity index (χ0) is 25.5. The number of amides is 1. The van der Waals surface area contributed by atoms with Gasteiger partial charge in [0.2, 0.25) is 0 Å². The lowest BCUT2D eigenvalue weighted by Crippen LogP contribution is -2.31. The predicted octanol–water partition coefficient (Wildman–Crippen LogP) is 5.18. The second-order valence-corrected chi connectivity index (χ2v) is 9.15. The summed E-state index contributed by atoms with van der Waals surface area (Å²) in [6.07, 6.45) is 0. The number of aliphatic carboxylic acids is 1. The fraction of sp³-hybridized carbons (Fsp3) is 0.179. The first-order valence-electron chi connectivity index (χ1n) is 11.4. The quantitative estimate of drug-likeness (QED) is 0.322. The number of benzene rings is 3. The van der Waals surface area contributed by atoms with Crippen molar-refractivity contribution in [1.29, 1.82) is 0 Å². The van der Waals surface area contributed by atoms with E-state index in [4.69, 9.17) is 14.8 Å². The topological polar surface area (TPSA) is 83.0 Å². The summed E-state index contributed by atoms with van der Waals surface area (Å²) in [4.78, 5) is 31.7. The molecule has 0 aliphatic rings. The molecule has 0 spiro atoms.